The van der Waals surface area contributed by atoms with E-state index in [1.165, 1.54) is 23.9 Å². The van der Waals surface area contributed by atoms with Gasteiger partial charge in [0.1, 0.15) is 11.9 Å². The normalized spacial score (nSPS) is 11.7. The highest BCUT2D eigenvalue weighted by Gasteiger charge is 2.25. The summed E-state index contributed by atoms with van der Waals surface area (Å²) in [5.74, 6) is 0.371. The number of nitrogens with one attached hydrogen (secondary N) is 1. The van der Waals surface area contributed by atoms with Crippen molar-refractivity contribution in [1.82, 2.24) is 10.2 Å². The SMILES string of the molecule is CCCNC(=O)[C@H](C)N(Cc1cccc(C)c1)C(=O)CSCc1ccc(F)cc1. The molecule has 1 atom stereocenters. The quantitative estimate of drug-likeness (QED) is 0.628. The monoisotopic (exact) mass is 416 g/mol. The maximum Gasteiger partial charge on any atom is 0.242 e. The molecule has 0 spiro atoms. The molecule has 0 saturated carbocycles. The predicted octanol–water partition coefficient (Wildman–Crippen LogP) is 4.31. The van der Waals surface area contributed by atoms with Gasteiger partial charge in [0.05, 0.1) is 5.75 Å². The second-order valence-electron chi connectivity index (χ2n) is 7.10. The molecule has 0 bridgehead atoms. The number of halogens is 1. The Morgan fingerprint density at radius 3 is 2.52 bits per heavy atom. The van der Waals surface area contributed by atoms with Crippen LogP contribution in [0.25, 0.3) is 0 Å². The summed E-state index contributed by atoms with van der Waals surface area (Å²) < 4.78 is 13.0. The number of carbonyl (C=O) groups excluding carboxylic acids is 2. The van der Waals surface area contributed by atoms with Crippen molar-refractivity contribution in [1.29, 1.82) is 0 Å². The van der Waals surface area contributed by atoms with Crippen molar-refractivity contribution in [2.24, 2.45) is 0 Å². The minimum absolute atomic E-state index is 0.0854. The summed E-state index contributed by atoms with van der Waals surface area (Å²) in [6.07, 6.45) is 0.845. The van der Waals surface area contributed by atoms with Gasteiger partial charge in [-0.05, 0) is 43.5 Å². The van der Waals surface area contributed by atoms with E-state index in [9.17, 15) is 14.0 Å². The molecule has 2 aromatic rings. The lowest BCUT2D eigenvalue weighted by molar-refractivity contribution is -0.138. The average Bonchev–Trinajstić information content (AvgIpc) is 2.71. The van der Waals surface area contributed by atoms with E-state index in [1.807, 2.05) is 38.1 Å². The van der Waals surface area contributed by atoms with Gasteiger partial charge in [0.25, 0.3) is 0 Å². The summed E-state index contributed by atoms with van der Waals surface area (Å²) >= 11 is 1.46. The Morgan fingerprint density at radius 2 is 1.86 bits per heavy atom. The minimum Gasteiger partial charge on any atom is -0.354 e. The number of hydrogen-bond donors (Lipinski definition) is 1. The number of carbonyl (C=O) groups is 2. The molecule has 29 heavy (non-hydrogen) atoms. The van der Waals surface area contributed by atoms with Crippen LogP contribution in [0.1, 0.15) is 37.0 Å². The second kappa shape index (κ2) is 11.6. The molecule has 0 aromatic heterocycles. The van der Waals surface area contributed by atoms with Crippen LogP contribution in [0.3, 0.4) is 0 Å². The minimum atomic E-state index is -0.555. The second-order valence-corrected chi connectivity index (χ2v) is 8.08. The molecule has 0 unspecified atom stereocenters. The Kier molecular flexibility index (Phi) is 9.19. The lowest BCUT2D eigenvalue weighted by atomic mass is 10.1. The molecular weight excluding hydrogens is 387 g/mol. The maximum absolute atomic E-state index is 13.0. The predicted molar refractivity (Wildman–Crippen MR) is 117 cm³/mol. The molecular formula is C23H29FN2O2S. The number of thioether (sulfide) groups is 1. The van der Waals surface area contributed by atoms with Crippen LogP contribution in [-0.4, -0.2) is 35.1 Å². The zero-order valence-electron chi connectivity index (χ0n) is 17.3. The number of aryl methyl sites for hydroxylation is 1. The Balaban J connectivity index is 2.04. The first-order valence-electron chi connectivity index (χ1n) is 9.85. The molecule has 0 radical (unpaired) electrons. The Bertz CT molecular complexity index is 811. The van der Waals surface area contributed by atoms with Crippen LogP contribution >= 0.6 is 11.8 Å². The van der Waals surface area contributed by atoms with Gasteiger partial charge in [0, 0.05) is 18.8 Å². The van der Waals surface area contributed by atoms with Crippen molar-refractivity contribution >= 4 is 23.6 Å². The first-order valence-corrected chi connectivity index (χ1v) is 11.0. The number of benzene rings is 2. The largest absolute Gasteiger partial charge is 0.354 e. The van der Waals surface area contributed by atoms with Crippen molar-refractivity contribution in [3.8, 4) is 0 Å². The van der Waals surface area contributed by atoms with Crippen LogP contribution in [0.5, 0.6) is 0 Å². The van der Waals surface area contributed by atoms with Crippen LogP contribution in [0.2, 0.25) is 0 Å². The molecule has 2 rings (SSSR count). The molecule has 1 N–H and O–H groups in total. The maximum atomic E-state index is 13.0. The Morgan fingerprint density at radius 1 is 1.14 bits per heavy atom. The molecule has 6 heteroatoms. The van der Waals surface area contributed by atoms with Crippen molar-refractivity contribution in [2.75, 3.05) is 12.3 Å². The fraction of sp³-hybridized carbons (Fsp3) is 0.391. The fourth-order valence-corrected chi connectivity index (χ4v) is 3.78. The van der Waals surface area contributed by atoms with Crippen molar-refractivity contribution in [2.45, 2.75) is 45.5 Å². The fourth-order valence-electron chi connectivity index (χ4n) is 2.91. The van der Waals surface area contributed by atoms with Gasteiger partial charge < -0.3 is 10.2 Å². The summed E-state index contributed by atoms with van der Waals surface area (Å²) in [5, 5.41) is 2.88. The zero-order chi connectivity index (χ0) is 21.2. The van der Waals surface area contributed by atoms with Gasteiger partial charge in [-0.15, -0.1) is 11.8 Å². The number of nitrogens with zero attached hydrogens (tertiary/aromatic N) is 1. The number of hydrogen-bond acceptors (Lipinski definition) is 3. The van der Waals surface area contributed by atoms with E-state index in [1.54, 1.807) is 24.0 Å². The van der Waals surface area contributed by atoms with Gasteiger partial charge in [-0.3, -0.25) is 9.59 Å². The van der Waals surface area contributed by atoms with Gasteiger partial charge in [0.15, 0.2) is 0 Å². The molecule has 4 nitrogen and oxygen atoms in total. The molecule has 0 heterocycles. The average molecular weight is 417 g/mol. The molecule has 0 aliphatic rings. The molecule has 0 fully saturated rings. The molecule has 156 valence electrons. The first kappa shape index (κ1) is 22.9. The van der Waals surface area contributed by atoms with Gasteiger partial charge in [-0.2, -0.15) is 0 Å². The van der Waals surface area contributed by atoms with Crippen molar-refractivity contribution in [3.63, 3.8) is 0 Å². The van der Waals surface area contributed by atoms with Crippen LogP contribution in [-0.2, 0) is 21.9 Å². The highest BCUT2D eigenvalue weighted by molar-refractivity contribution is 7.99. The number of amides is 2. The van der Waals surface area contributed by atoms with Crippen molar-refractivity contribution < 1.29 is 14.0 Å². The van der Waals surface area contributed by atoms with E-state index in [-0.39, 0.29) is 23.4 Å². The summed E-state index contributed by atoms with van der Waals surface area (Å²) in [5.41, 5.74) is 3.07. The summed E-state index contributed by atoms with van der Waals surface area (Å²) in [6, 6.07) is 13.7. The van der Waals surface area contributed by atoms with Crippen LogP contribution < -0.4 is 5.32 Å². The van der Waals surface area contributed by atoms with Crippen LogP contribution in [0.4, 0.5) is 4.39 Å². The lowest BCUT2D eigenvalue weighted by Crippen LogP contribution is -2.48. The molecule has 2 aromatic carbocycles. The van der Waals surface area contributed by atoms with Gasteiger partial charge >= 0.3 is 0 Å². The van der Waals surface area contributed by atoms with Crippen LogP contribution in [0.15, 0.2) is 48.5 Å². The zero-order valence-corrected chi connectivity index (χ0v) is 18.1. The van der Waals surface area contributed by atoms with Crippen LogP contribution in [0, 0.1) is 12.7 Å². The van der Waals surface area contributed by atoms with Crippen molar-refractivity contribution in [3.05, 3.63) is 71.0 Å². The van der Waals surface area contributed by atoms with E-state index >= 15 is 0 Å². The van der Waals surface area contributed by atoms with E-state index in [4.69, 9.17) is 0 Å². The van der Waals surface area contributed by atoms with E-state index in [0.29, 0.717) is 18.8 Å². The third kappa shape index (κ3) is 7.54. The van der Waals surface area contributed by atoms with Gasteiger partial charge in [-0.25, -0.2) is 4.39 Å². The highest BCUT2D eigenvalue weighted by atomic mass is 32.2. The summed E-state index contributed by atoms with van der Waals surface area (Å²) in [7, 11) is 0. The Hall–Kier alpha value is -2.34. The third-order valence-corrected chi connectivity index (χ3v) is 5.55. The van der Waals surface area contributed by atoms with E-state index in [2.05, 4.69) is 5.32 Å². The van der Waals surface area contributed by atoms with Gasteiger partial charge in [-0.1, -0.05) is 48.9 Å². The third-order valence-electron chi connectivity index (χ3n) is 4.56. The summed E-state index contributed by atoms with van der Waals surface area (Å²) in [4.78, 5) is 27.1. The highest BCUT2D eigenvalue weighted by Crippen LogP contribution is 2.17. The topological polar surface area (TPSA) is 49.4 Å². The Labute approximate surface area is 176 Å². The molecule has 0 aliphatic heterocycles. The molecule has 0 aliphatic carbocycles. The smallest absolute Gasteiger partial charge is 0.242 e. The first-order chi connectivity index (χ1) is 13.9. The summed E-state index contributed by atoms with van der Waals surface area (Å²) in [6.45, 7) is 6.74. The lowest BCUT2D eigenvalue weighted by Gasteiger charge is -2.29. The van der Waals surface area contributed by atoms with Gasteiger partial charge in [0.2, 0.25) is 11.8 Å². The molecule has 2 amide bonds. The number of rotatable bonds is 10. The van der Waals surface area contributed by atoms with E-state index in [0.717, 1.165) is 23.1 Å². The van der Waals surface area contributed by atoms with E-state index < -0.39 is 6.04 Å². The molecule has 0 saturated heterocycles. The standard InChI is InChI=1S/C23H29FN2O2S/c1-4-12-25-23(28)18(3)26(14-20-7-5-6-17(2)13-20)22(27)16-29-15-19-8-10-21(24)11-9-19/h5-11,13,18H,4,12,14-16H2,1-3H3,(H,25,28)/t18-/m0/s1.